The summed E-state index contributed by atoms with van der Waals surface area (Å²) >= 11 is 0. The van der Waals surface area contributed by atoms with Crippen LogP contribution in [0.4, 0.5) is 30.2 Å². The van der Waals surface area contributed by atoms with Crippen LogP contribution >= 0.6 is 0 Å². The van der Waals surface area contributed by atoms with Crippen LogP contribution in [0.3, 0.4) is 0 Å². The second-order valence-corrected chi connectivity index (χ2v) is 2.18. The summed E-state index contributed by atoms with van der Waals surface area (Å²) in [4.78, 5) is 0. The Morgan fingerprint density at radius 2 is 0.917 bits per heavy atom. The summed E-state index contributed by atoms with van der Waals surface area (Å²) in [6.07, 6.45) is 0. The highest BCUT2D eigenvalue weighted by Crippen LogP contribution is 2.30. The van der Waals surface area contributed by atoms with E-state index in [1.807, 2.05) is 0 Å². The van der Waals surface area contributed by atoms with E-state index in [9.17, 15) is 13.2 Å². The molecule has 0 unspecified atom stereocenters. The number of rotatable bonds is 0. The van der Waals surface area contributed by atoms with E-state index in [0.29, 0.717) is 0 Å². The van der Waals surface area contributed by atoms with Gasteiger partial charge in [-0.05, 0) is 0 Å². The maximum Gasteiger partial charge on any atom is 0.186 e. The van der Waals surface area contributed by atoms with Crippen LogP contribution in [0.2, 0.25) is 0 Å². The van der Waals surface area contributed by atoms with Gasteiger partial charge in [0.2, 0.25) is 0 Å². The van der Waals surface area contributed by atoms with Gasteiger partial charge in [-0.15, -0.1) is 0 Å². The predicted molar refractivity (Wildman–Crippen MR) is 39.6 cm³/mol. The number of benzene rings is 1. The monoisotopic (exact) mass is 177 g/mol. The van der Waals surface area contributed by atoms with Crippen molar-refractivity contribution < 1.29 is 13.2 Å². The lowest BCUT2D eigenvalue weighted by molar-refractivity contribution is 0.505. The fraction of sp³-hybridized carbons (Fsp3) is 0. The van der Waals surface area contributed by atoms with Crippen LogP contribution in [0.25, 0.3) is 0 Å². The van der Waals surface area contributed by atoms with Crippen molar-refractivity contribution in [2.24, 2.45) is 0 Å². The first-order valence-electron chi connectivity index (χ1n) is 2.93. The van der Waals surface area contributed by atoms with Crippen LogP contribution in [-0.2, 0) is 0 Å². The molecule has 1 aromatic rings. The molecule has 1 rings (SSSR count). The van der Waals surface area contributed by atoms with Gasteiger partial charge >= 0.3 is 0 Å². The van der Waals surface area contributed by atoms with Crippen molar-refractivity contribution in [1.29, 1.82) is 0 Å². The number of hydrogen-bond acceptors (Lipinski definition) is 3. The minimum absolute atomic E-state index is 0.675. The highest BCUT2D eigenvalue weighted by atomic mass is 19.2. The normalized spacial score (nSPS) is 10.2. The molecule has 0 amide bonds. The van der Waals surface area contributed by atoms with Crippen LogP contribution in [0, 0.1) is 17.5 Å². The smallest absolute Gasteiger partial charge is 0.186 e. The molecule has 0 spiro atoms. The highest BCUT2D eigenvalue weighted by Gasteiger charge is 2.19. The van der Waals surface area contributed by atoms with E-state index in [0.717, 1.165) is 0 Å². The second-order valence-electron chi connectivity index (χ2n) is 2.18. The third-order valence-corrected chi connectivity index (χ3v) is 1.43. The van der Waals surface area contributed by atoms with Gasteiger partial charge in [-0.3, -0.25) is 0 Å². The van der Waals surface area contributed by atoms with Gasteiger partial charge in [0.15, 0.2) is 17.5 Å². The standard InChI is InChI=1S/C6H6F3N3/c7-1-2(8)5(11)6(12)3(9)4(1)10/h10-12H2. The summed E-state index contributed by atoms with van der Waals surface area (Å²) in [5.74, 6) is -4.17. The molecular formula is C6H6F3N3. The third-order valence-electron chi connectivity index (χ3n) is 1.43. The Morgan fingerprint density at radius 1 is 0.583 bits per heavy atom. The molecule has 12 heavy (non-hydrogen) atoms. The minimum Gasteiger partial charge on any atom is -0.395 e. The average molecular weight is 177 g/mol. The van der Waals surface area contributed by atoms with Crippen molar-refractivity contribution in [3.05, 3.63) is 17.5 Å². The predicted octanol–water partition coefficient (Wildman–Crippen LogP) is 0.851. The second kappa shape index (κ2) is 2.47. The summed E-state index contributed by atoms with van der Waals surface area (Å²) < 4.78 is 37.9. The molecule has 0 fully saturated rings. The molecule has 6 N–H and O–H groups in total. The van der Waals surface area contributed by atoms with Crippen LogP contribution in [0.5, 0.6) is 0 Å². The van der Waals surface area contributed by atoms with E-state index in [4.69, 9.17) is 17.2 Å². The zero-order chi connectivity index (χ0) is 9.46. The van der Waals surface area contributed by atoms with Gasteiger partial charge < -0.3 is 17.2 Å². The zero-order valence-electron chi connectivity index (χ0n) is 5.87. The minimum atomic E-state index is -1.51. The molecule has 0 saturated heterocycles. The first-order valence-corrected chi connectivity index (χ1v) is 2.93. The van der Waals surface area contributed by atoms with Crippen LogP contribution in [0.15, 0.2) is 0 Å². The van der Waals surface area contributed by atoms with E-state index >= 15 is 0 Å². The highest BCUT2D eigenvalue weighted by molar-refractivity contribution is 5.70. The lowest BCUT2D eigenvalue weighted by Gasteiger charge is -2.06. The molecule has 1 aromatic carbocycles. The van der Waals surface area contributed by atoms with Crippen molar-refractivity contribution in [3.63, 3.8) is 0 Å². The maximum absolute atomic E-state index is 12.7. The van der Waals surface area contributed by atoms with Gasteiger partial charge in [-0.1, -0.05) is 0 Å². The van der Waals surface area contributed by atoms with E-state index in [1.165, 1.54) is 0 Å². The molecule has 3 nitrogen and oxygen atoms in total. The molecule has 66 valence electrons. The van der Waals surface area contributed by atoms with Crippen LogP contribution < -0.4 is 17.2 Å². The van der Waals surface area contributed by atoms with Crippen LogP contribution in [-0.4, -0.2) is 0 Å². The Kier molecular flexibility index (Phi) is 1.75. The average Bonchev–Trinajstić information content (AvgIpc) is 2.08. The summed E-state index contributed by atoms with van der Waals surface area (Å²) in [5.41, 5.74) is 12.3. The summed E-state index contributed by atoms with van der Waals surface area (Å²) in [7, 11) is 0. The lowest BCUT2D eigenvalue weighted by atomic mass is 10.2. The maximum atomic E-state index is 12.7. The molecule has 0 atom stereocenters. The Labute approximate surface area is 65.9 Å². The van der Waals surface area contributed by atoms with Crippen molar-refractivity contribution in [3.8, 4) is 0 Å². The lowest BCUT2D eigenvalue weighted by Crippen LogP contribution is -2.08. The topological polar surface area (TPSA) is 78.1 Å². The molecule has 0 bridgehead atoms. The van der Waals surface area contributed by atoms with Crippen LogP contribution in [0.1, 0.15) is 0 Å². The SMILES string of the molecule is Nc1c(N)c(F)c(F)c(N)c1F. The Morgan fingerprint density at radius 3 is 1.42 bits per heavy atom. The van der Waals surface area contributed by atoms with Crippen molar-refractivity contribution in [1.82, 2.24) is 0 Å². The fourth-order valence-electron chi connectivity index (χ4n) is 0.714. The molecule has 0 aliphatic rings. The number of anilines is 3. The van der Waals surface area contributed by atoms with Crippen molar-refractivity contribution in [2.75, 3.05) is 17.2 Å². The molecule has 0 heterocycles. The molecule has 0 radical (unpaired) electrons. The summed E-state index contributed by atoms with van der Waals surface area (Å²) in [6.45, 7) is 0. The van der Waals surface area contributed by atoms with Gasteiger partial charge in [0.05, 0.1) is 11.4 Å². The molecule has 0 aliphatic heterocycles. The fourth-order valence-corrected chi connectivity index (χ4v) is 0.714. The van der Waals surface area contributed by atoms with Gasteiger partial charge in [0.1, 0.15) is 5.69 Å². The Hall–Kier alpha value is -1.59. The molecule has 0 aliphatic carbocycles. The molecule has 6 heteroatoms. The van der Waals surface area contributed by atoms with E-state index in [-0.39, 0.29) is 0 Å². The largest absolute Gasteiger partial charge is 0.395 e. The van der Waals surface area contributed by atoms with E-state index in [2.05, 4.69) is 0 Å². The number of hydrogen-bond donors (Lipinski definition) is 3. The van der Waals surface area contributed by atoms with Gasteiger partial charge in [-0.2, -0.15) is 0 Å². The quantitative estimate of drug-likeness (QED) is 0.406. The van der Waals surface area contributed by atoms with Crippen molar-refractivity contribution >= 4 is 17.1 Å². The van der Waals surface area contributed by atoms with Gasteiger partial charge in [-0.25, -0.2) is 13.2 Å². The molecule has 0 saturated carbocycles. The number of nitrogen functional groups attached to an aromatic ring is 3. The van der Waals surface area contributed by atoms with E-state index < -0.39 is 34.5 Å². The van der Waals surface area contributed by atoms with E-state index in [1.54, 1.807) is 0 Å². The van der Waals surface area contributed by atoms with Gasteiger partial charge in [0.25, 0.3) is 0 Å². The summed E-state index contributed by atoms with van der Waals surface area (Å²) in [6, 6.07) is 0. The summed E-state index contributed by atoms with van der Waals surface area (Å²) in [5, 5.41) is 0. The molecular weight excluding hydrogens is 171 g/mol. The number of halogens is 3. The first-order chi connectivity index (χ1) is 5.46. The Balaban J connectivity index is 3.60. The molecule has 0 aromatic heterocycles. The third kappa shape index (κ3) is 0.919. The zero-order valence-corrected chi connectivity index (χ0v) is 5.87. The van der Waals surface area contributed by atoms with Gasteiger partial charge in [0, 0.05) is 0 Å². The number of nitrogens with two attached hydrogens (primary N) is 3. The first kappa shape index (κ1) is 8.51. The Bertz CT molecular complexity index is 232. The van der Waals surface area contributed by atoms with Crippen molar-refractivity contribution in [2.45, 2.75) is 0 Å².